The number of carbonyl (C=O) groups excluding carboxylic acids is 2. The lowest BCUT2D eigenvalue weighted by atomic mass is 10.1. The molecule has 1 N–H and O–H groups in total. The standard InChI is InChI=1S/C23H29N3O5/c1-16(2)14-24-23(28)17(3)25(15-18-8-7-10-20(12-18)31-4)22(27)13-19-9-5-6-11-21(19)26(29)30/h5-12,16-17H,13-15H2,1-4H3,(H,24,28)/t17-/m1/s1. The Hall–Kier alpha value is -3.42. The Morgan fingerprint density at radius 2 is 1.84 bits per heavy atom. The highest BCUT2D eigenvalue weighted by Gasteiger charge is 2.28. The highest BCUT2D eigenvalue weighted by Crippen LogP contribution is 2.21. The van der Waals surface area contributed by atoms with Crippen LogP contribution in [0.5, 0.6) is 5.75 Å². The highest BCUT2D eigenvalue weighted by molar-refractivity contribution is 5.88. The van der Waals surface area contributed by atoms with E-state index < -0.39 is 11.0 Å². The summed E-state index contributed by atoms with van der Waals surface area (Å²) in [6, 6.07) is 12.6. The molecular weight excluding hydrogens is 398 g/mol. The van der Waals surface area contributed by atoms with Crippen molar-refractivity contribution < 1.29 is 19.2 Å². The topological polar surface area (TPSA) is 102 Å². The molecule has 0 aromatic heterocycles. The third-order valence-corrected chi connectivity index (χ3v) is 4.87. The van der Waals surface area contributed by atoms with Crippen LogP contribution in [0.2, 0.25) is 0 Å². The average Bonchev–Trinajstić information content (AvgIpc) is 2.75. The number of nitrogens with one attached hydrogen (secondary N) is 1. The highest BCUT2D eigenvalue weighted by atomic mass is 16.6. The van der Waals surface area contributed by atoms with Crippen LogP contribution in [0, 0.1) is 16.0 Å². The summed E-state index contributed by atoms with van der Waals surface area (Å²) in [4.78, 5) is 38.2. The summed E-state index contributed by atoms with van der Waals surface area (Å²) < 4.78 is 5.25. The maximum absolute atomic E-state index is 13.2. The van der Waals surface area contributed by atoms with Gasteiger partial charge in [-0.1, -0.05) is 44.2 Å². The van der Waals surface area contributed by atoms with E-state index in [2.05, 4.69) is 5.32 Å². The summed E-state index contributed by atoms with van der Waals surface area (Å²) in [6.45, 7) is 6.30. The lowest BCUT2D eigenvalue weighted by molar-refractivity contribution is -0.385. The number of carbonyl (C=O) groups is 2. The van der Waals surface area contributed by atoms with E-state index in [0.717, 1.165) is 5.56 Å². The van der Waals surface area contributed by atoms with E-state index in [0.29, 0.717) is 17.9 Å². The third kappa shape index (κ3) is 6.80. The van der Waals surface area contributed by atoms with Crippen molar-refractivity contribution in [2.24, 2.45) is 5.92 Å². The van der Waals surface area contributed by atoms with E-state index in [-0.39, 0.29) is 36.4 Å². The van der Waals surface area contributed by atoms with Gasteiger partial charge in [0.15, 0.2) is 0 Å². The Morgan fingerprint density at radius 1 is 1.13 bits per heavy atom. The number of hydrogen-bond donors (Lipinski definition) is 1. The molecule has 0 fully saturated rings. The summed E-state index contributed by atoms with van der Waals surface area (Å²) >= 11 is 0. The van der Waals surface area contributed by atoms with Crippen LogP contribution in [0.3, 0.4) is 0 Å². The molecule has 0 aliphatic rings. The second-order valence-corrected chi connectivity index (χ2v) is 7.75. The van der Waals surface area contributed by atoms with Gasteiger partial charge in [-0.25, -0.2) is 0 Å². The molecule has 166 valence electrons. The minimum atomic E-state index is -0.750. The first-order valence-electron chi connectivity index (χ1n) is 10.1. The van der Waals surface area contributed by atoms with Gasteiger partial charge in [0.25, 0.3) is 5.69 Å². The van der Waals surface area contributed by atoms with Crippen LogP contribution in [0.15, 0.2) is 48.5 Å². The van der Waals surface area contributed by atoms with Crippen LogP contribution in [-0.2, 0) is 22.6 Å². The molecule has 0 aliphatic carbocycles. The molecule has 1 atom stereocenters. The molecule has 0 radical (unpaired) electrons. The Kier molecular flexibility index (Phi) is 8.54. The van der Waals surface area contributed by atoms with Gasteiger partial charge in [-0.3, -0.25) is 19.7 Å². The normalized spacial score (nSPS) is 11.6. The number of amides is 2. The van der Waals surface area contributed by atoms with Gasteiger partial charge in [0, 0.05) is 24.7 Å². The van der Waals surface area contributed by atoms with E-state index in [1.54, 1.807) is 44.4 Å². The molecule has 8 heteroatoms. The lowest BCUT2D eigenvalue weighted by Gasteiger charge is -2.29. The van der Waals surface area contributed by atoms with Crippen LogP contribution >= 0.6 is 0 Å². The fraction of sp³-hybridized carbons (Fsp3) is 0.391. The molecule has 0 unspecified atom stereocenters. The number of nitro groups is 1. The van der Waals surface area contributed by atoms with Gasteiger partial charge in [0.05, 0.1) is 18.5 Å². The summed E-state index contributed by atoms with van der Waals surface area (Å²) in [7, 11) is 1.55. The predicted octanol–water partition coefficient (Wildman–Crippen LogP) is 3.34. The van der Waals surface area contributed by atoms with Crippen molar-refractivity contribution in [2.75, 3.05) is 13.7 Å². The zero-order valence-electron chi connectivity index (χ0n) is 18.3. The molecule has 8 nitrogen and oxygen atoms in total. The largest absolute Gasteiger partial charge is 0.497 e. The number of methoxy groups -OCH3 is 1. The molecule has 0 aliphatic heterocycles. The molecular formula is C23H29N3O5. The average molecular weight is 428 g/mol. The van der Waals surface area contributed by atoms with Crippen LogP contribution in [0.1, 0.15) is 31.9 Å². The van der Waals surface area contributed by atoms with E-state index in [9.17, 15) is 19.7 Å². The first-order valence-corrected chi connectivity index (χ1v) is 10.1. The Bertz CT molecular complexity index is 929. The molecule has 0 spiro atoms. The molecule has 31 heavy (non-hydrogen) atoms. The first kappa shape index (κ1) is 23.9. The SMILES string of the molecule is COc1cccc(CN(C(=O)Cc2ccccc2[N+](=O)[O-])[C@H](C)C(=O)NCC(C)C)c1. The van der Waals surface area contributed by atoms with E-state index in [4.69, 9.17) is 4.74 Å². The zero-order chi connectivity index (χ0) is 23.0. The fourth-order valence-electron chi connectivity index (χ4n) is 3.11. The summed E-state index contributed by atoms with van der Waals surface area (Å²) in [5, 5.41) is 14.2. The zero-order valence-corrected chi connectivity index (χ0v) is 18.3. The molecule has 0 heterocycles. The van der Waals surface area contributed by atoms with Crippen molar-refractivity contribution in [3.8, 4) is 5.75 Å². The third-order valence-electron chi connectivity index (χ3n) is 4.87. The van der Waals surface area contributed by atoms with Crippen LogP contribution < -0.4 is 10.1 Å². The lowest BCUT2D eigenvalue weighted by Crippen LogP contribution is -2.48. The monoisotopic (exact) mass is 427 g/mol. The number of para-hydroxylation sites is 1. The van der Waals surface area contributed by atoms with Gasteiger partial charge in [-0.15, -0.1) is 0 Å². The minimum absolute atomic E-state index is 0.117. The smallest absolute Gasteiger partial charge is 0.273 e. The number of hydrogen-bond acceptors (Lipinski definition) is 5. The quantitative estimate of drug-likeness (QED) is 0.463. The van der Waals surface area contributed by atoms with Crippen LogP contribution in [-0.4, -0.2) is 41.3 Å². The Morgan fingerprint density at radius 3 is 2.48 bits per heavy atom. The summed E-state index contributed by atoms with van der Waals surface area (Å²) in [6.07, 6.45) is -0.178. The van der Waals surface area contributed by atoms with E-state index >= 15 is 0 Å². The number of ether oxygens (including phenoxy) is 1. The molecule has 2 aromatic carbocycles. The number of rotatable bonds is 10. The van der Waals surface area contributed by atoms with Crippen molar-refractivity contribution in [3.63, 3.8) is 0 Å². The maximum Gasteiger partial charge on any atom is 0.273 e. The molecule has 0 saturated heterocycles. The van der Waals surface area contributed by atoms with Crippen molar-refractivity contribution >= 4 is 17.5 Å². The Balaban J connectivity index is 2.30. The first-order chi connectivity index (χ1) is 14.7. The maximum atomic E-state index is 13.2. The molecule has 2 amide bonds. The summed E-state index contributed by atoms with van der Waals surface area (Å²) in [5.41, 5.74) is 0.982. The van der Waals surface area contributed by atoms with Gasteiger partial charge in [-0.2, -0.15) is 0 Å². The van der Waals surface area contributed by atoms with Crippen molar-refractivity contribution in [1.82, 2.24) is 10.2 Å². The van der Waals surface area contributed by atoms with E-state index in [1.165, 1.54) is 11.0 Å². The minimum Gasteiger partial charge on any atom is -0.497 e. The molecule has 0 bridgehead atoms. The van der Waals surface area contributed by atoms with Crippen molar-refractivity contribution in [3.05, 3.63) is 69.8 Å². The Labute approximate surface area is 182 Å². The van der Waals surface area contributed by atoms with Crippen molar-refractivity contribution in [1.29, 1.82) is 0 Å². The van der Waals surface area contributed by atoms with Gasteiger partial charge < -0.3 is 15.0 Å². The van der Waals surface area contributed by atoms with Crippen LogP contribution in [0.4, 0.5) is 5.69 Å². The van der Waals surface area contributed by atoms with Crippen molar-refractivity contribution in [2.45, 2.75) is 39.8 Å². The van der Waals surface area contributed by atoms with Gasteiger partial charge >= 0.3 is 0 Å². The van der Waals surface area contributed by atoms with E-state index in [1.807, 2.05) is 26.0 Å². The number of nitrogens with zero attached hydrogens (tertiary/aromatic N) is 2. The number of nitro benzene ring substituents is 1. The second kappa shape index (κ2) is 11.1. The van der Waals surface area contributed by atoms with Gasteiger partial charge in [0.1, 0.15) is 11.8 Å². The molecule has 2 rings (SSSR count). The van der Waals surface area contributed by atoms with Crippen LogP contribution in [0.25, 0.3) is 0 Å². The van der Waals surface area contributed by atoms with Gasteiger partial charge in [0.2, 0.25) is 11.8 Å². The number of benzene rings is 2. The van der Waals surface area contributed by atoms with Gasteiger partial charge in [-0.05, 0) is 30.5 Å². The predicted molar refractivity (Wildman–Crippen MR) is 118 cm³/mol. The fourth-order valence-corrected chi connectivity index (χ4v) is 3.11. The molecule has 2 aromatic rings. The molecule has 0 saturated carbocycles. The summed E-state index contributed by atoms with van der Waals surface area (Å²) in [5.74, 6) is 0.267. The second-order valence-electron chi connectivity index (χ2n) is 7.75.